The van der Waals surface area contributed by atoms with Gasteiger partial charge in [0.1, 0.15) is 0 Å². The lowest BCUT2D eigenvalue weighted by Crippen LogP contribution is -2.22. The van der Waals surface area contributed by atoms with E-state index in [9.17, 15) is 0 Å². The van der Waals surface area contributed by atoms with Crippen molar-refractivity contribution in [2.24, 2.45) is 0 Å². The van der Waals surface area contributed by atoms with Crippen LogP contribution >= 0.6 is 0 Å². The Morgan fingerprint density at radius 3 is 1.81 bits per heavy atom. The molecule has 0 fully saturated rings. The van der Waals surface area contributed by atoms with Crippen molar-refractivity contribution in [3.05, 3.63) is 48.0 Å². The Balaban J connectivity index is 2.04. The summed E-state index contributed by atoms with van der Waals surface area (Å²) in [6.07, 6.45) is 16.5. The highest BCUT2D eigenvalue weighted by atomic mass is 14.3. The molecule has 0 nitrogen and oxygen atoms in total. The van der Waals surface area contributed by atoms with Gasteiger partial charge in [-0.2, -0.15) is 0 Å². The van der Waals surface area contributed by atoms with E-state index in [0.29, 0.717) is 5.41 Å². The van der Waals surface area contributed by atoms with Gasteiger partial charge in [0.25, 0.3) is 0 Å². The first-order valence-electron chi connectivity index (χ1n) is 11.2. The van der Waals surface area contributed by atoms with Crippen LogP contribution in [0.25, 0.3) is 10.8 Å². The standard InChI is InChI=1S/C26H40/c1-4-6-8-10-11-15-21-26(3,20-14-9-7-5-2)25-19-18-23-16-12-13-17-24(23)22-25/h12-13,16-19,22H,4-11,14-15,20-21H2,1-3H3. The van der Waals surface area contributed by atoms with Crippen molar-refractivity contribution >= 4 is 10.8 Å². The Kier molecular flexibility index (Phi) is 9.23. The molecule has 0 amide bonds. The maximum absolute atomic E-state index is 2.52. The Labute approximate surface area is 162 Å². The molecule has 0 heterocycles. The van der Waals surface area contributed by atoms with E-state index in [1.165, 1.54) is 87.8 Å². The van der Waals surface area contributed by atoms with Gasteiger partial charge in [0.2, 0.25) is 0 Å². The fraction of sp³-hybridized carbons (Fsp3) is 0.615. The summed E-state index contributed by atoms with van der Waals surface area (Å²) >= 11 is 0. The smallest absolute Gasteiger partial charge is 0.00750 e. The van der Waals surface area contributed by atoms with Crippen molar-refractivity contribution in [1.29, 1.82) is 0 Å². The van der Waals surface area contributed by atoms with E-state index in [0.717, 1.165) is 0 Å². The Bertz CT molecular complexity index is 627. The van der Waals surface area contributed by atoms with Crippen LogP contribution in [0.15, 0.2) is 42.5 Å². The molecule has 0 spiro atoms. The maximum atomic E-state index is 2.52. The Morgan fingerprint density at radius 2 is 1.15 bits per heavy atom. The molecule has 2 aromatic carbocycles. The topological polar surface area (TPSA) is 0 Å². The van der Waals surface area contributed by atoms with Gasteiger partial charge in [-0.25, -0.2) is 0 Å². The molecule has 0 saturated heterocycles. The molecule has 0 aliphatic carbocycles. The highest BCUT2D eigenvalue weighted by Gasteiger charge is 2.25. The number of hydrogen-bond acceptors (Lipinski definition) is 0. The van der Waals surface area contributed by atoms with Crippen molar-refractivity contribution in [3.63, 3.8) is 0 Å². The van der Waals surface area contributed by atoms with Gasteiger partial charge in [-0.15, -0.1) is 0 Å². The monoisotopic (exact) mass is 352 g/mol. The van der Waals surface area contributed by atoms with Crippen molar-refractivity contribution in [2.45, 2.75) is 103 Å². The van der Waals surface area contributed by atoms with Crippen molar-refractivity contribution in [2.75, 3.05) is 0 Å². The normalized spacial score (nSPS) is 13.8. The van der Waals surface area contributed by atoms with Gasteiger partial charge in [0.05, 0.1) is 0 Å². The van der Waals surface area contributed by atoms with Gasteiger partial charge in [-0.3, -0.25) is 0 Å². The van der Waals surface area contributed by atoms with Gasteiger partial charge in [0, 0.05) is 0 Å². The molecular weight excluding hydrogens is 312 g/mol. The third-order valence-electron chi connectivity index (χ3n) is 6.11. The number of hydrogen-bond donors (Lipinski definition) is 0. The molecule has 0 aromatic heterocycles. The maximum Gasteiger partial charge on any atom is -0.00750 e. The van der Waals surface area contributed by atoms with Crippen LogP contribution in [0.1, 0.15) is 103 Å². The summed E-state index contributed by atoms with van der Waals surface area (Å²) in [5.41, 5.74) is 1.89. The largest absolute Gasteiger partial charge is 0.0654 e. The summed E-state index contributed by atoms with van der Waals surface area (Å²) in [7, 11) is 0. The molecule has 26 heavy (non-hydrogen) atoms. The molecule has 0 aliphatic heterocycles. The molecule has 0 radical (unpaired) electrons. The first-order chi connectivity index (χ1) is 12.7. The molecule has 1 atom stereocenters. The average Bonchev–Trinajstić information content (AvgIpc) is 2.67. The van der Waals surface area contributed by atoms with E-state index >= 15 is 0 Å². The van der Waals surface area contributed by atoms with Gasteiger partial charge in [0.15, 0.2) is 0 Å². The van der Waals surface area contributed by atoms with Crippen LogP contribution in [0.5, 0.6) is 0 Å². The molecule has 0 saturated carbocycles. The lowest BCUT2D eigenvalue weighted by atomic mass is 9.73. The quantitative estimate of drug-likeness (QED) is 0.316. The molecule has 2 aromatic rings. The summed E-state index contributed by atoms with van der Waals surface area (Å²) < 4.78 is 0. The zero-order valence-corrected chi connectivity index (χ0v) is 17.5. The first-order valence-corrected chi connectivity index (χ1v) is 11.2. The van der Waals surface area contributed by atoms with E-state index in [2.05, 4.69) is 63.2 Å². The predicted octanol–water partition coefficient (Wildman–Crippen LogP) is 8.82. The second kappa shape index (κ2) is 11.4. The van der Waals surface area contributed by atoms with E-state index in [4.69, 9.17) is 0 Å². The van der Waals surface area contributed by atoms with Crippen LogP contribution < -0.4 is 0 Å². The second-order valence-corrected chi connectivity index (χ2v) is 8.45. The van der Waals surface area contributed by atoms with Crippen LogP contribution in [0, 0.1) is 0 Å². The highest BCUT2D eigenvalue weighted by molar-refractivity contribution is 5.83. The summed E-state index contributed by atoms with van der Waals surface area (Å²) in [6.45, 7) is 7.13. The molecule has 144 valence electrons. The Hall–Kier alpha value is -1.30. The molecule has 0 N–H and O–H groups in total. The molecule has 0 bridgehead atoms. The third-order valence-corrected chi connectivity index (χ3v) is 6.11. The van der Waals surface area contributed by atoms with E-state index in [1.54, 1.807) is 5.56 Å². The van der Waals surface area contributed by atoms with E-state index in [-0.39, 0.29) is 0 Å². The fourth-order valence-electron chi connectivity index (χ4n) is 4.22. The van der Waals surface area contributed by atoms with Crippen LogP contribution in [-0.4, -0.2) is 0 Å². The minimum absolute atomic E-state index is 0.336. The number of fused-ring (bicyclic) bond motifs is 1. The number of rotatable bonds is 13. The average molecular weight is 353 g/mol. The summed E-state index contributed by atoms with van der Waals surface area (Å²) in [5, 5.41) is 2.76. The Morgan fingerprint density at radius 1 is 0.615 bits per heavy atom. The summed E-state index contributed by atoms with van der Waals surface area (Å²) in [4.78, 5) is 0. The zero-order chi connectivity index (χ0) is 18.7. The van der Waals surface area contributed by atoms with Crippen molar-refractivity contribution in [1.82, 2.24) is 0 Å². The summed E-state index contributed by atoms with van der Waals surface area (Å²) in [5.74, 6) is 0. The van der Waals surface area contributed by atoms with Crippen LogP contribution in [-0.2, 0) is 5.41 Å². The lowest BCUT2D eigenvalue weighted by molar-refractivity contribution is 0.363. The second-order valence-electron chi connectivity index (χ2n) is 8.45. The van der Waals surface area contributed by atoms with E-state index in [1.807, 2.05) is 0 Å². The van der Waals surface area contributed by atoms with Gasteiger partial charge < -0.3 is 0 Å². The highest BCUT2D eigenvalue weighted by Crippen LogP contribution is 2.37. The third kappa shape index (κ3) is 6.45. The minimum Gasteiger partial charge on any atom is -0.0654 e. The first kappa shape index (κ1) is 21.0. The molecule has 0 heteroatoms. The molecule has 0 aliphatic rings. The van der Waals surface area contributed by atoms with Crippen molar-refractivity contribution < 1.29 is 0 Å². The predicted molar refractivity (Wildman–Crippen MR) is 118 cm³/mol. The molecule has 1 unspecified atom stereocenters. The number of benzene rings is 2. The SMILES string of the molecule is CCCCCCCCC(C)(CCCCCC)c1ccc2ccccc2c1. The van der Waals surface area contributed by atoms with Gasteiger partial charge in [-0.1, -0.05) is 127 Å². The van der Waals surface area contributed by atoms with E-state index < -0.39 is 0 Å². The lowest BCUT2D eigenvalue weighted by Gasteiger charge is -2.31. The summed E-state index contributed by atoms with van der Waals surface area (Å²) in [6, 6.07) is 16.0. The minimum atomic E-state index is 0.336. The molecule has 2 rings (SSSR count). The zero-order valence-electron chi connectivity index (χ0n) is 17.5. The van der Waals surface area contributed by atoms with Gasteiger partial charge >= 0.3 is 0 Å². The van der Waals surface area contributed by atoms with Gasteiger partial charge in [-0.05, 0) is 34.6 Å². The van der Waals surface area contributed by atoms with Crippen LogP contribution in [0.4, 0.5) is 0 Å². The number of unbranched alkanes of at least 4 members (excludes halogenated alkanes) is 8. The van der Waals surface area contributed by atoms with Crippen molar-refractivity contribution in [3.8, 4) is 0 Å². The van der Waals surface area contributed by atoms with Crippen LogP contribution in [0.2, 0.25) is 0 Å². The van der Waals surface area contributed by atoms with Crippen LogP contribution in [0.3, 0.4) is 0 Å². The molecular formula is C26H40. The fourth-order valence-corrected chi connectivity index (χ4v) is 4.22.